The zero-order valence-electron chi connectivity index (χ0n) is 31.6. The van der Waals surface area contributed by atoms with E-state index in [2.05, 4.69) is 60.1 Å². The summed E-state index contributed by atoms with van der Waals surface area (Å²) in [6.45, 7) is 4.98. The third kappa shape index (κ3) is 5.95. The summed E-state index contributed by atoms with van der Waals surface area (Å²) < 4.78 is 15.5. The van der Waals surface area contributed by atoms with Gasteiger partial charge in [-0.25, -0.2) is 0 Å². The Morgan fingerprint density at radius 2 is 1.11 bits per heavy atom. The number of H-pyrrole nitrogens is 2. The van der Waals surface area contributed by atoms with Crippen LogP contribution in [0, 0.1) is 23.7 Å². The van der Waals surface area contributed by atoms with Gasteiger partial charge in [0.05, 0.1) is 83.4 Å². The first-order chi connectivity index (χ1) is 27.4. The lowest BCUT2D eigenvalue weighted by Crippen LogP contribution is -2.24. The van der Waals surface area contributed by atoms with Crippen molar-refractivity contribution in [1.82, 2.24) is 49.5 Å². The van der Waals surface area contributed by atoms with Crippen molar-refractivity contribution in [2.45, 2.75) is 101 Å². The normalized spacial score (nSPS) is 28.5. The molecule has 56 heavy (non-hydrogen) atoms. The smallest absolute Gasteiger partial charge is 0.232 e. The van der Waals surface area contributed by atoms with E-state index in [1.54, 1.807) is 0 Å². The number of aliphatic hydroxyl groups is 2. The van der Waals surface area contributed by atoms with Gasteiger partial charge in [0.25, 0.3) is 0 Å². The van der Waals surface area contributed by atoms with Crippen molar-refractivity contribution in [3.05, 3.63) is 48.3 Å². The molecule has 16 nitrogen and oxygen atoms in total. The van der Waals surface area contributed by atoms with Crippen LogP contribution >= 0.6 is 0 Å². The zero-order valence-corrected chi connectivity index (χ0v) is 31.6. The summed E-state index contributed by atoms with van der Waals surface area (Å²) in [5.41, 5.74) is 5.71. The fourth-order valence-electron chi connectivity index (χ4n) is 9.54. The van der Waals surface area contributed by atoms with E-state index < -0.39 is 0 Å². The van der Waals surface area contributed by atoms with Crippen molar-refractivity contribution in [3.8, 4) is 11.8 Å². The lowest BCUT2D eigenvalue weighted by Gasteiger charge is -2.21. The molecule has 0 aliphatic heterocycles. The van der Waals surface area contributed by atoms with Crippen molar-refractivity contribution in [1.29, 1.82) is 0 Å². The average Bonchev–Trinajstić information content (AvgIpc) is 4.17. The number of ether oxygens (including phenoxy) is 2. The number of aromatic amines is 2. The van der Waals surface area contributed by atoms with Gasteiger partial charge in [-0.15, -0.1) is 0 Å². The van der Waals surface area contributed by atoms with Crippen molar-refractivity contribution >= 4 is 45.3 Å². The molecule has 12 rings (SSSR count). The van der Waals surface area contributed by atoms with Crippen LogP contribution in [0.5, 0.6) is 11.8 Å². The quantitative estimate of drug-likeness (QED) is 0.0822. The first kappa shape index (κ1) is 34.1. The lowest BCUT2D eigenvalue weighted by atomic mass is 10.1. The summed E-state index contributed by atoms with van der Waals surface area (Å²) >= 11 is 0. The van der Waals surface area contributed by atoms with E-state index in [-0.39, 0.29) is 24.3 Å². The molecular formula is C40H48N12O4. The van der Waals surface area contributed by atoms with Gasteiger partial charge in [0.1, 0.15) is 11.3 Å². The molecule has 0 spiro atoms. The predicted molar refractivity (Wildman–Crippen MR) is 208 cm³/mol. The predicted octanol–water partition coefficient (Wildman–Crippen LogP) is 6.23. The number of hydrogen-bond donors (Lipinski definition) is 6. The molecule has 6 heterocycles. The molecular weight excluding hydrogens is 713 g/mol. The second-order valence-corrected chi connectivity index (χ2v) is 16.5. The largest absolute Gasteiger partial charge is 0.477 e. The molecule has 0 saturated heterocycles. The second-order valence-electron chi connectivity index (χ2n) is 16.5. The average molecular weight is 761 g/mol. The first-order valence-corrected chi connectivity index (χ1v) is 20.5. The van der Waals surface area contributed by atoms with Crippen LogP contribution in [0.15, 0.2) is 36.9 Å². The number of aromatic nitrogens is 10. The van der Waals surface area contributed by atoms with Gasteiger partial charge in [0.2, 0.25) is 23.7 Å². The van der Waals surface area contributed by atoms with Gasteiger partial charge in [0.15, 0.2) is 0 Å². The maximum Gasteiger partial charge on any atom is 0.232 e. The fraction of sp³-hybridized carbons (Fsp3) is 0.550. The molecule has 6 aliphatic rings. The van der Waals surface area contributed by atoms with Crippen molar-refractivity contribution in [3.63, 3.8) is 0 Å². The minimum absolute atomic E-state index is 0.0979. The third-order valence-electron chi connectivity index (χ3n) is 12.7. The molecule has 6 aromatic rings. The van der Waals surface area contributed by atoms with Crippen LogP contribution < -0.4 is 20.1 Å². The van der Waals surface area contributed by atoms with Crippen LogP contribution in [-0.2, 0) is 0 Å². The van der Waals surface area contributed by atoms with Crippen LogP contribution in [0.25, 0.3) is 22.1 Å². The molecule has 6 fully saturated rings. The number of aliphatic hydroxyl groups excluding tert-OH is 2. The molecule has 0 bridgehead atoms. The molecule has 6 aliphatic carbocycles. The summed E-state index contributed by atoms with van der Waals surface area (Å²) in [7, 11) is 0. The maximum atomic E-state index is 10.6. The SMILES string of the molecule is CCOc1nc(Nc2cnn(C3CC4CC4C3O)c2C2CC2)nc2[nH]ccc12.CCOc1nc(Nc2cnn(C3CC4CC4C3O)c2C2CC2)nc2[nH]ccc12. The highest BCUT2D eigenvalue weighted by molar-refractivity contribution is 5.83. The van der Waals surface area contributed by atoms with Crippen LogP contribution in [-0.4, -0.2) is 85.1 Å². The van der Waals surface area contributed by atoms with Gasteiger partial charge in [-0.05, 0) is 101 Å². The number of nitrogens with zero attached hydrogens (tertiary/aromatic N) is 8. The Bertz CT molecular complexity index is 2240. The van der Waals surface area contributed by atoms with E-state index in [1.807, 2.05) is 50.8 Å². The number of nitrogens with one attached hydrogen (secondary N) is 4. The molecule has 292 valence electrons. The highest BCUT2D eigenvalue weighted by Crippen LogP contribution is 2.58. The summed E-state index contributed by atoms with van der Waals surface area (Å²) in [5.74, 6) is 5.44. The minimum Gasteiger partial charge on any atom is -0.477 e. The van der Waals surface area contributed by atoms with E-state index in [4.69, 9.17) is 9.47 Å². The zero-order chi connectivity index (χ0) is 37.7. The molecule has 8 unspecified atom stereocenters. The van der Waals surface area contributed by atoms with E-state index in [0.717, 1.165) is 72.0 Å². The summed E-state index contributed by atoms with van der Waals surface area (Å²) in [6.07, 6.45) is 15.9. The van der Waals surface area contributed by atoms with Gasteiger partial charge < -0.3 is 40.3 Å². The van der Waals surface area contributed by atoms with E-state index in [0.29, 0.717) is 72.4 Å². The highest BCUT2D eigenvalue weighted by atomic mass is 16.5. The summed E-state index contributed by atoms with van der Waals surface area (Å²) in [6, 6.07) is 4.04. The Balaban J connectivity index is 0.000000130. The standard InChI is InChI=1S/2C20H24N6O2/c2*1-2-28-19-12-5-6-21-18(12)24-20(25-19)23-14-9-22-26(16(14)10-3-4-10)15-8-11-7-13(11)17(15)27/h2*5-6,9-11,13,15,17,27H,2-4,7-8H2,1H3,(H2,21,23,24,25). The Morgan fingerprint density at radius 3 is 1.48 bits per heavy atom. The van der Waals surface area contributed by atoms with Gasteiger partial charge >= 0.3 is 0 Å². The second kappa shape index (κ2) is 13.2. The summed E-state index contributed by atoms with van der Waals surface area (Å²) in [5, 5.41) is 39.1. The van der Waals surface area contributed by atoms with Crippen molar-refractivity contribution in [2.75, 3.05) is 23.8 Å². The topological polar surface area (TPSA) is 202 Å². The van der Waals surface area contributed by atoms with Crippen molar-refractivity contribution in [2.24, 2.45) is 23.7 Å². The molecule has 0 radical (unpaired) electrons. The Hall–Kier alpha value is -5.22. The van der Waals surface area contributed by atoms with Gasteiger partial charge in [-0.3, -0.25) is 9.36 Å². The molecule has 0 aromatic carbocycles. The van der Waals surface area contributed by atoms with Crippen molar-refractivity contribution < 1.29 is 19.7 Å². The number of hydrogen-bond acceptors (Lipinski definition) is 12. The van der Waals surface area contributed by atoms with Gasteiger partial charge in [0, 0.05) is 24.2 Å². The van der Waals surface area contributed by atoms with Crippen LogP contribution in [0.2, 0.25) is 0 Å². The lowest BCUT2D eigenvalue weighted by molar-refractivity contribution is 0.105. The monoisotopic (exact) mass is 760 g/mol. The van der Waals surface area contributed by atoms with E-state index in [1.165, 1.54) is 24.2 Å². The van der Waals surface area contributed by atoms with Gasteiger partial charge in [-0.2, -0.15) is 30.1 Å². The Kier molecular flexibility index (Phi) is 8.02. The number of rotatable bonds is 12. The molecule has 16 heteroatoms. The molecule has 8 atom stereocenters. The minimum atomic E-state index is -0.272. The summed E-state index contributed by atoms with van der Waals surface area (Å²) in [4.78, 5) is 24.6. The third-order valence-corrected chi connectivity index (χ3v) is 12.7. The molecule has 0 amide bonds. The first-order valence-electron chi connectivity index (χ1n) is 20.5. The van der Waals surface area contributed by atoms with E-state index in [9.17, 15) is 10.2 Å². The maximum absolute atomic E-state index is 10.6. The fourth-order valence-corrected chi connectivity index (χ4v) is 9.54. The molecule has 6 aromatic heterocycles. The highest BCUT2D eigenvalue weighted by Gasteiger charge is 2.55. The Labute approximate surface area is 322 Å². The van der Waals surface area contributed by atoms with Crippen LogP contribution in [0.3, 0.4) is 0 Å². The molecule has 6 N–H and O–H groups in total. The van der Waals surface area contributed by atoms with Crippen LogP contribution in [0.1, 0.15) is 101 Å². The molecule has 6 saturated carbocycles. The number of anilines is 4. The van der Waals surface area contributed by atoms with Crippen LogP contribution in [0.4, 0.5) is 23.3 Å². The van der Waals surface area contributed by atoms with E-state index >= 15 is 0 Å². The Morgan fingerprint density at radius 1 is 0.661 bits per heavy atom. The number of fused-ring (bicyclic) bond motifs is 4. The van der Waals surface area contributed by atoms with Gasteiger partial charge in [-0.1, -0.05) is 0 Å².